The van der Waals surface area contributed by atoms with Gasteiger partial charge in [0.2, 0.25) is 10.0 Å². The molecule has 0 spiro atoms. The molecule has 31 heavy (non-hydrogen) atoms. The van der Waals surface area contributed by atoms with Crippen molar-refractivity contribution in [3.05, 3.63) is 47.5 Å². The van der Waals surface area contributed by atoms with E-state index in [0.29, 0.717) is 44.6 Å². The number of amides is 1. The van der Waals surface area contributed by atoms with Crippen molar-refractivity contribution >= 4 is 15.9 Å². The number of rotatable bonds is 5. The highest BCUT2D eigenvalue weighted by molar-refractivity contribution is 7.89. The third-order valence-corrected chi connectivity index (χ3v) is 8.62. The first-order chi connectivity index (χ1) is 14.8. The SMILES string of the molecule is Cc1nc(C)n(CC2CCCN(S(=O)(=O)C3CCCN(C(=O)c4ccccc4)C3)C2)n1. The molecular formula is C22H31N5O3S. The fourth-order valence-electron chi connectivity index (χ4n) is 4.73. The lowest BCUT2D eigenvalue weighted by Gasteiger charge is -2.38. The molecule has 9 heteroatoms. The summed E-state index contributed by atoms with van der Waals surface area (Å²) in [4.78, 5) is 18.9. The van der Waals surface area contributed by atoms with Crippen molar-refractivity contribution in [3.63, 3.8) is 0 Å². The summed E-state index contributed by atoms with van der Waals surface area (Å²) in [7, 11) is -3.47. The molecule has 2 saturated heterocycles. The predicted molar refractivity (Wildman–Crippen MR) is 118 cm³/mol. The van der Waals surface area contributed by atoms with Gasteiger partial charge in [0.15, 0.2) is 0 Å². The van der Waals surface area contributed by atoms with Crippen molar-refractivity contribution in [1.82, 2.24) is 24.0 Å². The van der Waals surface area contributed by atoms with Crippen LogP contribution in [0.1, 0.15) is 47.7 Å². The number of piperidine rings is 2. The van der Waals surface area contributed by atoms with Crippen LogP contribution < -0.4 is 0 Å². The predicted octanol–water partition coefficient (Wildman–Crippen LogP) is 2.24. The minimum atomic E-state index is -3.47. The van der Waals surface area contributed by atoms with Gasteiger partial charge in [0, 0.05) is 38.3 Å². The van der Waals surface area contributed by atoms with Gasteiger partial charge in [-0.1, -0.05) is 18.2 Å². The Labute approximate surface area is 184 Å². The van der Waals surface area contributed by atoms with E-state index in [1.165, 1.54) is 0 Å². The van der Waals surface area contributed by atoms with Gasteiger partial charge in [-0.3, -0.25) is 4.79 Å². The minimum Gasteiger partial charge on any atom is -0.337 e. The van der Waals surface area contributed by atoms with E-state index in [2.05, 4.69) is 10.1 Å². The lowest BCUT2D eigenvalue weighted by atomic mass is 10.00. The van der Waals surface area contributed by atoms with Crippen LogP contribution in [0.3, 0.4) is 0 Å². The number of aromatic nitrogens is 3. The van der Waals surface area contributed by atoms with Crippen LogP contribution in [0.4, 0.5) is 0 Å². The standard InChI is InChI=1S/C22H31N5O3S/c1-17-23-18(2)27(24-17)15-19-8-6-13-26(14-19)31(29,30)21-11-7-12-25(16-21)22(28)20-9-4-3-5-10-20/h3-5,9-10,19,21H,6-8,11-16H2,1-2H3. The zero-order chi connectivity index (χ0) is 22.0. The number of nitrogens with zero attached hydrogens (tertiary/aromatic N) is 5. The highest BCUT2D eigenvalue weighted by Crippen LogP contribution is 2.27. The van der Waals surface area contributed by atoms with Crippen molar-refractivity contribution in [3.8, 4) is 0 Å². The second kappa shape index (κ2) is 9.08. The Morgan fingerprint density at radius 1 is 1.06 bits per heavy atom. The van der Waals surface area contributed by atoms with Gasteiger partial charge in [-0.25, -0.2) is 22.4 Å². The maximum Gasteiger partial charge on any atom is 0.253 e. The van der Waals surface area contributed by atoms with Crippen LogP contribution >= 0.6 is 0 Å². The van der Waals surface area contributed by atoms with Gasteiger partial charge in [-0.2, -0.15) is 5.10 Å². The molecular weight excluding hydrogens is 414 g/mol. The molecule has 0 saturated carbocycles. The maximum absolute atomic E-state index is 13.5. The Morgan fingerprint density at radius 3 is 2.52 bits per heavy atom. The molecule has 2 aliphatic heterocycles. The summed E-state index contributed by atoms with van der Waals surface area (Å²) in [6, 6.07) is 9.09. The molecule has 4 rings (SSSR count). The molecule has 0 N–H and O–H groups in total. The Bertz CT molecular complexity index is 1020. The summed E-state index contributed by atoms with van der Waals surface area (Å²) >= 11 is 0. The molecule has 2 atom stereocenters. The lowest BCUT2D eigenvalue weighted by molar-refractivity contribution is 0.0725. The van der Waals surface area contributed by atoms with Crippen LogP contribution in [0, 0.1) is 19.8 Å². The number of hydrogen-bond donors (Lipinski definition) is 0. The van der Waals surface area contributed by atoms with Crippen LogP contribution in [0.5, 0.6) is 0 Å². The average molecular weight is 446 g/mol. The summed E-state index contributed by atoms with van der Waals surface area (Å²) in [6.07, 6.45) is 3.13. The fraction of sp³-hybridized carbons (Fsp3) is 0.591. The van der Waals surface area contributed by atoms with E-state index in [9.17, 15) is 13.2 Å². The van der Waals surface area contributed by atoms with E-state index >= 15 is 0 Å². The Kier molecular flexibility index (Phi) is 6.43. The third-order valence-electron chi connectivity index (χ3n) is 6.34. The van der Waals surface area contributed by atoms with E-state index in [0.717, 1.165) is 24.5 Å². The van der Waals surface area contributed by atoms with Gasteiger partial charge in [0.1, 0.15) is 11.6 Å². The van der Waals surface area contributed by atoms with Gasteiger partial charge in [0.05, 0.1) is 5.25 Å². The normalized spacial score (nSPS) is 23.1. The number of aryl methyl sites for hydroxylation is 2. The molecule has 0 radical (unpaired) electrons. The molecule has 2 fully saturated rings. The van der Waals surface area contributed by atoms with E-state index in [-0.39, 0.29) is 18.4 Å². The van der Waals surface area contributed by atoms with E-state index in [4.69, 9.17) is 0 Å². The van der Waals surface area contributed by atoms with Crippen LogP contribution in [-0.2, 0) is 16.6 Å². The molecule has 2 unspecified atom stereocenters. The topological polar surface area (TPSA) is 88.4 Å². The molecule has 0 bridgehead atoms. The summed E-state index contributed by atoms with van der Waals surface area (Å²) < 4.78 is 30.5. The third kappa shape index (κ3) is 4.82. The smallest absolute Gasteiger partial charge is 0.253 e. The molecule has 168 valence electrons. The molecule has 2 aliphatic rings. The number of likely N-dealkylation sites (tertiary alicyclic amines) is 1. The van der Waals surface area contributed by atoms with E-state index < -0.39 is 15.3 Å². The maximum atomic E-state index is 13.5. The highest BCUT2D eigenvalue weighted by Gasteiger charge is 2.38. The van der Waals surface area contributed by atoms with Gasteiger partial charge >= 0.3 is 0 Å². The second-order valence-corrected chi connectivity index (χ2v) is 10.9. The van der Waals surface area contributed by atoms with Crippen molar-refractivity contribution in [2.75, 3.05) is 26.2 Å². The largest absolute Gasteiger partial charge is 0.337 e. The Morgan fingerprint density at radius 2 is 1.81 bits per heavy atom. The zero-order valence-electron chi connectivity index (χ0n) is 18.3. The minimum absolute atomic E-state index is 0.0888. The molecule has 1 amide bonds. The summed E-state index contributed by atoms with van der Waals surface area (Å²) in [5.74, 6) is 1.73. The monoisotopic (exact) mass is 445 g/mol. The summed E-state index contributed by atoms with van der Waals surface area (Å²) in [6.45, 7) is 6.40. The van der Waals surface area contributed by atoms with Gasteiger partial charge in [-0.15, -0.1) is 0 Å². The highest BCUT2D eigenvalue weighted by atomic mass is 32.2. The second-order valence-electron chi connectivity index (χ2n) is 8.68. The molecule has 0 aliphatic carbocycles. The molecule has 1 aromatic carbocycles. The molecule has 8 nitrogen and oxygen atoms in total. The quantitative estimate of drug-likeness (QED) is 0.704. The fourth-order valence-corrected chi connectivity index (χ4v) is 6.78. The van der Waals surface area contributed by atoms with E-state index in [1.54, 1.807) is 21.3 Å². The van der Waals surface area contributed by atoms with Crippen molar-refractivity contribution < 1.29 is 13.2 Å². The molecule has 3 heterocycles. The Balaban J connectivity index is 1.43. The summed E-state index contributed by atoms with van der Waals surface area (Å²) in [5, 5.41) is 3.89. The molecule has 1 aromatic heterocycles. The first kappa shape index (κ1) is 22.0. The average Bonchev–Trinajstić information content (AvgIpc) is 3.10. The first-order valence-corrected chi connectivity index (χ1v) is 12.6. The van der Waals surface area contributed by atoms with Crippen molar-refractivity contribution in [1.29, 1.82) is 0 Å². The molecule has 2 aromatic rings. The number of hydrogen-bond acceptors (Lipinski definition) is 5. The number of carbonyl (C=O) groups excluding carboxylic acids is 1. The number of benzene rings is 1. The summed E-state index contributed by atoms with van der Waals surface area (Å²) in [5.41, 5.74) is 0.608. The van der Waals surface area contributed by atoms with E-state index in [1.807, 2.05) is 36.7 Å². The number of carbonyl (C=O) groups is 1. The van der Waals surface area contributed by atoms with Crippen LogP contribution in [0.25, 0.3) is 0 Å². The zero-order valence-corrected chi connectivity index (χ0v) is 19.1. The van der Waals surface area contributed by atoms with Crippen molar-refractivity contribution in [2.45, 2.75) is 51.3 Å². The van der Waals surface area contributed by atoms with Gasteiger partial charge in [0.25, 0.3) is 5.91 Å². The lowest BCUT2D eigenvalue weighted by Crippen LogP contribution is -2.51. The first-order valence-electron chi connectivity index (χ1n) is 11.1. The van der Waals surface area contributed by atoms with Gasteiger partial charge < -0.3 is 4.90 Å². The van der Waals surface area contributed by atoms with Crippen LogP contribution in [-0.4, -0.2) is 69.7 Å². The van der Waals surface area contributed by atoms with Gasteiger partial charge in [-0.05, 0) is 57.6 Å². The Hall–Kier alpha value is -2.26. The van der Waals surface area contributed by atoms with Crippen LogP contribution in [0.15, 0.2) is 30.3 Å². The van der Waals surface area contributed by atoms with Crippen molar-refractivity contribution in [2.24, 2.45) is 5.92 Å². The number of sulfonamides is 1. The van der Waals surface area contributed by atoms with Crippen LogP contribution in [0.2, 0.25) is 0 Å².